The molecule has 0 spiro atoms. The molecule has 1 heterocycles. The molecule has 0 unspecified atom stereocenters. The number of nitrogens with two attached hydrogens (primary N) is 1. The van der Waals surface area contributed by atoms with Gasteiger partial charge in [0.25, 0.3) is 0 Å². The van der Waals surface area contributed by atoms with Crippen LogP contribution in [0, 0.1) is 0 Å². The van der Waals surface area contributed by atoms with E-state index < -0.39 is 0 Å². The lowest BCUT2D eigenvalue weighted by atomic mass is 10.3. The monoisotopic (exact) mass is 381 g/mol. The first-order valence-electron chi connectivity index (χ1n) is 9.48. The van der Waals surface area contributed by atoms with Crippen LogP contribution in [-0.4, -0.2) is 60.9 Å². The smallest absolute Gasteiger partial charge is 0.219 e. The van der Waals surface area contributed by atoms with Crippen LogP contribution in [0.15, 0.2) is 59.6 Å². The first-order chi connectivity index (χ1) is 13.6. The quantitative estimate of drug-likeness (QED) is 0.593. The minimum atomic E-state index is 0.143. The maximum absolute atomic E-state index is 11.4. The molecule has 2 aromatic rings. The number of ether oxygens (including phenoxy) is 1. The lowest BCUT2D eigenvalue weighted by molar-refractivity contribution is -0.130. The van der Waals surface area contributed by atoms with E-state index in [0.29, 0.717) is 12.5 Å². The summed E-state index contributed by atoms with van der Waals surface area (Å²) in [6, 6.07) is 17.2. The number of amides is 1. The molecule has 7 nitrogen and oxygen atoms in total. The van der Waals surface area contributed by atoms with Crippen LogP contribution in [0.3, 0.4) is 0 Å². The summed E-state index contributed by atoms with van der Waals surface area (Å²) in [5.74, 6) is 2.03. The molecule has 0 saturated carbocycles. The molecule has 3 N–H and O–H groups in total. The van der Waals surface area contributed by atoms with E-state index >= 15 is 0 Å². The Labute approximate surface area is 165 Å². The largest absolute Gasteiger partial charge is 0.457 e. The highest BCUT2D eigenvalue weighted by Gasteiger charge is 2.17. The van der Waals surface area contributed by atoms with Crippen molar-refractivity contribution in [3.8, 4) is 11.5 Å². The van der Waals surface area contributed by atoms with E-state index in [-0.39, 0.29) is 5.91 Å². The molecule has 0 bridgehead atoms. The van der Waals surface area contributed by atoms with Gasteiger partial charge in [0, 0.05) is 51.4 Å². The molecule has 1 fully saturated rings. The Kier molecular flexibility index (Phi) is 6.86. The van der Waals surface area contributed by atoms with Gasteiger partial charge in [0.05, 0.1) is 6.54 Å². The number of aliphatic imine (C=N–C) groups is 1. The Morgan fingerprint density at radius 2 is 1.79 bits per heavy atom. The average molecular weight is 381 g/mol. The molecule has 3 rings (SSSR count). The summed E-state index contributed by atoms with van der Waals surface area (Å²) in [7, 11) is 0. The Balaban J connectivity index is 1.46. The van der Waals surface area contributed by atoms with Crippen molar-refractivity contribution in [1.82, 2.24) is 9.80 Å². The van der Waals surface area contributed by atoms with Crippen LogP contribution in [0.5, 0.6) is 11.5 Å². The normalized spacial score (nSPS) is 15.3. The summed E-state index contributed by atoms with van der Waals surface area (Å²) in [5, 5.41) is 3.10. The molecule has 0 radical (unpaired) electrons. The molecule has 1 aliphatic rings. The second-order valence-electron chi connectivity index (χ2n) is 6.68. The topological polar surface area (TPSA) is 83.2 Å². The van der Waals surface area contributed by atoms with Gasteiger partial charge in [-0.05, 0) is 24.3 Å². The van der Waals surface area contributed by atoms with Crippen molar-refractivity contribution in [1.29, 1.82) is 0 Å². The van der Waals surface area contributed by atoms with E-state index in [1.807, 2.05) is 59.5 Å². The van der Waals surface area contributed by atoms with Crippen LogP contribution in [0.1, 0.15) is 6.92 Å². The molecule has 1 amide bonds. The molecule has 7 heteroatoms. The maximum atomic E-state index is 11.4. The molecular weight excluding hydrogens is 354 g/mol. The zero-order chi connectivity index (χ0) is 19.8. The van der Waals surface area contributed by atoms with Crippen molar-refractivity contribution in [2.75, 3.05) is 44.6 Å². The number of anilines is 1. The van der Waals surface area contributed by atoms with Crippen molar-refractivity contribution in [2.45, 2.75) is 6.92 Å². The minimum Gasteiger partial charge on any atom is -0.457 e. The van der Waals surface area contributed by atoms with Gasteiger partial charge in [0.2, 0.25) is 5.91 Å². The van der Waals surface area contributed by atoms with Crippen molar-refractivity contribution >= 4 is 17.6 Å². The summed E-state index contributed by atoms with van der Waals surface area (Å²) in [6.45, 7) is 6.36. The summed E-state index contributed by atoms with van der Waals surface area (Å²) < 4.78 is 5.83. The number of guanidine groups is 1. The van der Waals surface area contributed by atoms with Crippen molar-refractivity contribution in [3.05, 3.63) is 54.6 Å². The van der Waals surface area contributed by atoms with Crippen LogP contribution in [0.2, 0.25) is 0 Å². The van der Waals surface area contributed by atoms with Gasteiger partial charge in [-0.1, -0.05) is 24.3 Å². The van der Waals surface area contributed by atoms with Crippen LogP contribution >= 0.6 is 0 Å². The molecule has 148 valence electrons. The lowest BCUT2D eigenvalue weighted by Crippen LogP contribution is -2.48. The van der Waals surface area contributed by atoms with Gasteiger partial charge in [-0.3, -0.25) is 14.7 Å². The first kappa shape index (κ1) is 19.7. The number of hydrogen-bond acceptors (Lipinski definition) is 4. The first-order valence-corrected chi connectivity index (χ1v) is 9.48. The highest BCUT2D eigenvalue weighted by Crippen LogP contribution is 2.23. The van der Waals surface area contributed by atoms with Crippen LogP contribution in [0.4, 0.5) is 5.69 Å². The molecule has 1 saturated heterocycles. The third-order valence-electron chi connectivity index (χ3n) is 4.60. The summed E-state index contributed by atoms with van der Waals surface area (Å²) in [6.07, 6.45) is 0. The fourth-order valence-corrected chi connectivity index (χ4v) is 3.05. The fraction of sp³-hybridized carbons (Fsp3) is 0.333. The van der Waals surface area contributed by atoms with Crippen LogP contribution in [-0.2, 0) is 4.79 Å². The Morgan fingerprint density at radius 1 is 1.07 bits per heavy atom. The number of carbonyl (C=O) groups is 1. The van der Waals surface area contributed by atoms with Crippen molar-refractivity contribution in [2.24, 2.45) is 10.7 Å². The van der Waals surface area contributed by atoms with Gasteiger partial charge in [-0.2, -0.15) is 0 Å². The highest BCUT2D eigenvalue weighted by atomic mass is 16.5. The van der Waals surface area contributed by atoms with Crippen molar-refractivity contribution < 1.29 is 9.53 Å². The van der Waals surface area contributed by atoms with E-state index in [1.165, 1.54) is 0 Å². The van der Waals surface area contributed by atoms with E-state index in [4.69, 9.17) is 10.5 Å². The number of para-hydroxylation sites is 1. The molecule has 0 aliphatic carbocycles. The van der Waals surface area contributed by atoms with Gasteiger partial charge in [0.1, 0.15) is 11.5 Å². The number of nitrogens with zero attached hydrogens (tertiary/aromatic N) is 3. The van der Waals surface area contributed by atoms with E-state index in [2.05, 4.69) is 15.2 Å². The van der Waals surface area contributed by atoms with Crippen molar-refractivity contribution in [3.63, 3.8) is 0 Å². The SMILES string of the molecule is CC(=O)N1CCN(CCN=C(N)Nc2cccc(Oc3ccccc3)c2)CC1. The van der Waals surface area contributed by atoms with E-state index in [0.717, 1.165) is 49.9 Å². The second kappa shape index (κ2) is 9.75. The number of rotatable bonds is 6. The summed E-state index contributed by atoms with van der Waals surface area (Å²) >= 11 is 0. The molecule has 28 heavy (non-hydrogen) atoms. The zero-order valence-electron chi connectivity index (χ0n) is 16.2. The minimum absolute atomic E-state index is 0.143. The zero-order valence-corrected chi connectivity index (χ0v) is 16.2. The van der Waals surface area contributed by atoms with Gasteiger partial charge in [0.15, 0.2) is 5.96 Å². The van der Waals surface area contributed by atoms with Crippen LogP contribution in [0.25, 0.3) is 0 Å². The van der Waals surface area contributed by atoms with Gasteiger partial charge in [-0.25, -0.2) is 0 Å². The summed E-state index contributed by atoms with van der Waals surface area (Å²) in [5.41, 5.74) is 6.84. The predicted octanol–water partition coefficient (Wildman–Crippen LogP) is 2.37. The fourth-order valence-electron chi connectivity index (χ4n) is 3.05. The average Bonchev–Trinajstić information content (AvgIpc) is 2.69. The van der Waals surface area contributed by atoms with Gasteiger partial charge in [-0.15, -0.1) is 0 Å². The standard InChI is InChI=1S/C21H27N5O2/c1-17(27)26-14-12-25(13-15-26)11-10-23-21(22)24-18-6-5-9-20(16-18)28-19-7-3-2-4-8-19/h2-9,16H,10-15H2,1H3,(H3,22,23,24). The number of carbonyl (C=O) groups excluding carboxylic acids is 1. The third kappa shape index (κ3) is 5.99. The second-order valence-corrected chi connectivity index (χ2v) is 6.68. The predicted molar refractivity (Wildman–Crippen MR) is 112 cm³/mol. The maximum Gasteiger partial charge on any atom is 0.219 e. The van der Waals surface area contributed by atoms with Gasteiger partial charge < -0.3 is 20.7 Å². The van der Waals surface area contributed by atoms with Crippen LogP contribution < -0.4 is 15.8 Å². The number of benzene rings is 2. The third-order valence-corrected chi connectivity index (χ3v) is 4.60. The lowest BCUT2D eigenvalue weighted by Gasteiger charge is -2.33. The Hall–Kier alpha value is -3.06. The number of piperazine rings is 1. The molecule has 2 aromatic carbocycles. The van der Waals surface area contributed by atoms with Gasteiger partial charge >= 0.3 is 0 Å². The Bertz CT molecular complexity index is 801. The van der Waals surface area contributed by atoms with E-state index in [9.17, 15) is 4.79 Å². The Morgan fingerprint density at radius 3 is 2.50 bits per heavy atom. The molecular formula is C21H27N5O2. The summed E-state index contributed by atoms with van der Waals surface area (Å²) in [4.78, 5) is 19.9. The molecule has 1 aliphatic heterocycles. The number of hydrogen-bond donors (Lipinski definition) is 2. The molecule has 0 atom stereocenters. The van der Waals surface area contributed by atoms with E-state index in [1.54, 1.807) is 6.92 Å². The molecule has 0 aromatic heterocycles. The number of nitrogens with one attached hydrogen (secondary N) is 1. The highest BCUT2D eigenvalue weighted by molar-refractivity contribution is 5.92.